The zero-order chi connectivity index (χ0) is 16.4. The van der Waals surface area contributed by atoms with Crippen LogP contribution in [-0.2, 0) is 24.9 Å². The third kappa shape index (κ3) is 3.57. The first-order valence-corrected chi connectivity index (χ1v) is 9.67. The van der Waals surface area contributed by atoms with Crippen molar-refractivity contribution in [2.75, 3.05) is 39.4 Å². The molecule has 0 N–H and O–H groups in total. The summed E-state index contributed by atoms with van der Waals surface area (Å²) in [4.78, 5) is 9.60. The minimum Gasteiger partial charge on any atom is -0.379 e. The number of nitrogens with zero attached hydrogens (tertiary/aromatic N) is 4. The van der Waals surface area contributed by atoms with Crippen LogP contribution in [0, 0.1) is 5.41 Å². The first-order chi connectivity index (χ1) is 11.7. The number of likely N-dealkylation sites (tertiary alicyclic amines) is 1. The molecule has 0 aliphatic carbocycles. The number of rotatable bonds is 4. The molecule has 1 atom stereocenters. The SMILES string of the molecule is Cn1ccnc1CN1CCC2(COCCN(Cc3ccsc3)C2)C1. The summed E-state index contributed by atoms with van der Waals surface area (Å²) >= 11 is 1.79. The highest BCUT2D eigenvalue weighted by atomic mass is 32.1. The molecule has 0 saturated carbocycles. The molecule has 4 rings (SSSR count). The van der Waals surface area contributed by atoms with E-state index in [2.05, 4.69) is 43.2 Å². The second kappa shape index (κ2) is 6.96. The number of ether oxygens (including phenoxy) is 1. The minimum atomic E-state index is 0.275. The molecular weight excluding hydrogens is 320 g/mol. The second-order valence-corrected chi connectivity index (χ2v) is 8.09. The average Bonchev–Trinajstić information content (AvgIpc) is 3.26. The second-order valence-electron chi connectivity index (χ2n) is 7.31. The van der Waals surface area contributed by atoms with Crippen LogP contribution in [0.4, 0.5) is 0 Å². The lowest BCUT2D eigenvalue weighted by molar-refractivity contribution is 0.0704. The number of hydrogen-bond acceptors (Lipinski definition) is 5. The molecule has 2 saturated heterocycles. The van der Waals surface area contributed by atoms with Gasteiger partial charge in [0.1, 0.15) is 5.82 Å². The van der Waals surface area contributed by atoms with Gasteiger partial charge in [0.2, 0.25) is 0 Å². The van der Waals surface area contributed by atoms with E-state index in [4.69, 9.17) is 4.74 Å². The van der Waals surface area contributed by atoms with Gasteiger partial charge in [-0.1, -0.05) is 0 Å². The quantitative estimate of drug-likeness (QED) is 0.850. The van der Waals surface area contributed by atoms with Crippen molar-refractivity contribution in [1.29, 1.82) is 0 Å². The van der Waals surface area contributed by atoms with E-state index < -0.39 is 0 Å². The summed E-state index contributed by atoms with van der Waals surface area (Å²) in [7, 11) is 2.07. The number of aromatic nitrogens is 2. The zero-order valence-electron chi connectivity index (χ0n) is 14.4. The summed E-state index contributed by atoms with van der Waals surface area (Å²) in [6, 6.07) is 2.24. The van der Waals surface area contributed by atoms with Gasteiger partial charge in [-0.25, -0.2) is 4.98 Å². The molecule has 2 aromatic rings. The molecule has 0 aromatic carbocycles. The van der Waals surface area contributed by atoms with E-state index in [1.165, 1.54) is 12.0 Å². The minimum absolute atomic E-state index is 0.275. The maximum Gasteiger partial charge on any atom is 0.122 e. The Morgan fingerprint density at radius 2 is 2.12 bits per heavy atom. The molecule has 24 heavy (non-hydrogen) atoms. The Labute approximate surface area is 147 Å². The highest BCUT2D eigenvalue weighted by Crippen LogP contribution is 2.34. The highest BCUT2D eigenvalue weighted by Gasteiger charge is 2.41. The van der Waals surface area contributed by atoms with Gasteiger partial charge in [0.25, 0.3) is 0 Å². The molecule has 2 fully saturated rings. The lowest BCUT2D eigenvalue weighted by Gasteiger charge is -2.31. The first-order valence-electron chi connectivity index (χ1n) is 8.72. The molecule has 6 heteroatoms. The Balaban J connectivity index is 1.41. The summed E-state index contributed by atoms with van der Waals surface area (Å²) in [5.74, 6) is 1.15. The van der Waals surface area contributed by atoms with Gasteiger partial charge in [0, 0.05) is 51.0 Å². The molecule has 0 amide bonds. The Kier molecular flexibility index (Phi) is 4.72. The maximum absolute atomic E-state index is 6.00. The predicted octanol–water partition coefficient (Wildman–Crippen LogP) is 2.21. The first kappa shape index (κ1) is 16.3. The molecular formula is C18H26N4OS. The van der Waals surface area contributed by atoms with Gasteiger partial charge in [-0.15, -0.1) is 0 Å². The third-order valence-electron chi connectivity index (χ3n) is 5.31. The van der Waals surface area contributed by atoms with E-state index in [1.54, 1.807) is 11.3 Å². The summed E-state index contributed by atoms with van der Waals surface area (Å²) in [6.45, 7) is 8.17. The summed E-state index contributed by atoms with van der Waals surface area (Å²) in [6.07, 6.45) is 5.13. The van der Waals surface area contributed by atoms with Crippen LogP contribution in [0.3, 0.4) is 0 Å². The van der Waals surface area contributed by atoms with E-state index in [9.17, 15) is 0 Å². The van der Waals surface area contributed by atoms with E-state index >= 15 is 0 Å². The normalized spacial score (nSPS) is 26.2. The van der Waals surface area contributed by atoms with Crippen molar-refractivity contribution in [3.8, 4) is 0 Å². The van der Waals surface area contributed by atoms with Crippen LogP contribution in [0.1, 0.15) is 17.8 Å². The zero-order valence-corrected chi connectivity index (χ0v) is 15.2. The van der Waals surface area contributed by atoms with Crippen LogP contribution >= 0.6 is 11.3 Å². The monoisotopic (exact) mass is 346 g/mol. The smallest absolute Gasteiger partial charge is 0.122 e. The van der Waals surface area contributed by atoms with Crippen molar-refractivity contribution < 1.29 is 4.74 Å². The van der Waals surface area contributed by atoms with Gasteiger partial charge in [-0.05, 0) is 35.4 Å². The van der Waals surface area contributed by atoms with Crippen LogP contribution in [0.5, 0.6) is 0 Å². The van der Waals surface area contributed by atoms with Gasteiger partial charge >= 0.3 is 0 Å². The fourth-order valence-corrected chi connectivity index (χ4v) is 4.68. The van der Waals surface area contributed by atoms with Crippen molar-refractivity contribution in [3.63, 3.8) is 0 Å². The van der Waals surface area contributed by atoms with Crippen LogP contribution in [0.15, 0.2) is 29.2 Å². The van der Waals surface area contributed by atoms with Crippen LogP contribution in [-0.4, -0.2) is 58.7 Å². The molecule has 0 bridgehead atoms. The molecule has 130 valence electrons. The van der Waals surface area contributed by atoms with Crippen LogP contribution in [0.2, 0.25) is 0 Å². The Morgan fingerprint density at radius 3 is 2.88 bits per heavy atom. The van der Waals surface area contributed by atoms with Gasteiger partial charge in [-0.2, -0.15) is 11.3 Å². The van der Waals surface area contributed by atoms with Gasteiger partial charge in [0.15, 0.2) is 0 Å². The Morgan fingerprint density at radius 1 is 1.25 bits per heavy atom. The highest BCUT2D eigenvalue weighted by molar-refractivity contribution is 7.07. The number of imidazole rings is 1. The lowest BCUT2D eigenvalue weighted by Crippen LogP contribution is -2.40. The third-order valence-corrected chi connectivity index (χ3v) is 6.04. The van der Waals surface area contributed by atoms with Gasteiger partial charge < -0.3 is 9.30 Å². The van der Waals surface area contributed by atoms with E-state index in [0.29, 0.717) is 0 Å². The average molecular weight is 347 g/mol. The number of hydrogen-bond donors (Lipinski definition) is 0. The standard InChI is InChI=1S/C18H26N4OS/c1-20-6-4-19-17(20)11-21-5-3-18(13-21)14-22(7-8-23-15-18)10-16-2-9-24-12-16/h2,4,6,9,12H,3,5,7-8,10-11,13-15H2,1H3. The van der Waals surface area contributed by atoms with Gasteiger partial charge in [-0.3, -0.25) is 9.80 Å². The molecule has 1 unspecified atom stereocenters. The van der Waals surface area contributed by atoms with Gasteiger partial charge in [0.05, 0.1) is 19.8 Å². The maximum atomic E-state index is 6.00. The molecule has 0 radical (unpaired) electrons. The van der Waals surface area contributed by atoms with Crippen molar-refractivity contribution in [2.24, 2.45) is 12.5 Å². The van der Waals surface area contributed by atoms with Crippen molar-refractivity contribution in [3.05, 3.63) is 40.6 Å². The Bertz CT molecular complexity index is 656. The summed E-state index contributed by atoms with van der Waals surface area (Å²) in [5, 5.41) is 4.43. The largest absolute Gasteiger partial charge is 0.379 e. The Hall–Kier alpha value is -1.21. The molecule has 2 aromatic heterocycles. The lowest BCUT2D eigenvalue weighted by atomic mass is 9.87. The van der Waals surface area contributed by atoms with E-state index in [1.807, 2.05) is 12.4 Å². The molecule has 5 nitrogen and oxygen atoms in total. The summed E-state index contributed by atoms with van der Waals surface area (Å²) < 4.78 is 8.12. The van der Waals surface area contributed by atoms with E-state index in [-0.39, 0.29) is 5.41 Å². The fraction of sp³-hybridized carbons (Fsp3) is 0.611. The van der Waals surface area contributed by atoms with Crippen molar-refractivity contribution >= 4 is 11.3 Å². The van der Waals surface area contributed by atoms with Crippen LogP contribution < -0.4 is 0 Å². The summed E-state index contributed by atoms with van der Waals surface area (Å²) in [5.41, 5.74) is 1.71. The predicted molar refractivity (Wildman–Crippen MR) is 96.0 cm³/mol. The van der Waals surface area contributed by atoms with Crippen molar-refractivity contribution in [1.82, 2.24) is 19.4 Å². The number of thiophene rings is 1. The molecule has 2 aliphatic rings. The fourth-order valence-electron chi connectivity index (χ4n) is 4.02. The molecule has 1 spiro atoms. The molecule has 2 aliphatic heterocycles. The van der Waals surface area contributed by atoms with Crippen molar-refractivity contribution in [2.45, 2.75) is 19.5 Å². The topological polar surface area (TPSA) is 33.5 Å². The van der Waals surface area contributed by atoms with E-state index in [0.717, 1.165) is 58.3 Å². The number of aryl methyl sites for hydroxylation is 1. The van der Waals surface area contributed by atoms with Crippen LogP contribution in [0.25, 0.3) is 0 Å². The molecule has 4 heterocycles.